The molecule has 0 bridgehead atoms. The highest BCUT2D eigenvalue weighted by Gasteiger charge is 2.12. The zero-order valence-corrected chi connectivity index (χ0v) is 15.6. The molecule has 8 heteroatoms. The second-order valence-corrected chi connectivity index (χ2v) is 6.75. The molecule has 0 unspecified atom stereocenters. The number of aromatic nitrogens is 3. The number of H-pyrrole nitrogens is 1. The maximum absolute atomic E-state index is 13.5. The van der Waals surface area contributed by atoms with E-state index in [1.165, 1.54) is 24.2 Å². The third kappa shape index (κ3) is 5.30. The standard InChI is InChI=1S/C19H19FN4O2S/c1-24(10-11-26-17-5-3-2-4-16(17)20)18(25)15-8-6-14(7-9-15)12-27-19-21-13-22-23-19/h2-9,13H,10-12H2,1H3,(H,21,22,23). The molecular weight excluding hydrogens is 367 g/mol. The molecule has 140 valence electrons. The third-order valence-corrected chi connectivity index (χ3v) is 4.78. The Balaban J connectivity index is 1.48. The number of thioether (sulfide) groups is 1. The first-order chi connectivity index (χ1) is 13.1. The SMILES string of the molecule is CN(CCOc1ccccc1F)C(=O)c1ccc(CSc2ncn[nH]2)cc1. The van der Waals surface area contributed by atoms with Crippen LogP contribution in [0, 0.1) is 5.82 Å². The number of hydrogen-bond acceptors (Lipinski definition) is 5. The van der Waals surface area contributed by atoms with Gasteiger partial charge in [-0.25, -0.2) is 9.37 Å². The van der Waals surface area contributed by atoms with Gasteiger partial charge in [0.05, 0.1) is 6.54 Å². The lowest BCUT2D eigenvalue weighted by atomic mass is 10.1. The highest BCUT2D eigenvalue weighted by Crippen LogP contribution is 2.19. The summed E-state index contributed by atoms with van der Waals surface area (Å²) in [6.45, 7) is 0.575. The van der Waals surface area contributed by atoms with Crippen molar-refractivity contribution in [3.05, 3.63) is 71.8 Å². The number of ether oxygens (including phenoxy) is 1. The van der Waals surface area contributed by atoms with Crippen molar-refractivity contribution in [1.29, 1.82) is 0 Å². The van der Waals surface area contributed by atoms with E-state index in [2.05, 4.69) is 15.2 Å². The van der Waals surface area contributed by atoms with Gasteiger partial charge < -0.3 is 9.64 Å². The largest absolute Gasteiger partial charge is 0.489 e. The Morgan fingerprint density at radius 2 is 2.00 bits per heavy atom. The van der Waals surface area contributed by atoms with Crippen LogP contribution in [0.2, 0.25) is 0 Å². The van der Waals surface area contributed by atoms with Gasteiger partial charge in [-0.05, 0) is 29.8 Å². The van der Waals surface area contributed by atoms with Gasteiger partial charge in [-0.3, -0.25) is 9.89 Å². The number of nitrogens with one attached hydrogen (secondary N) is 1. The predicted molar refractivity (Wildman–Crippen MR) is 101 cm³/mol. The predicted octanol–water partition coefficient (Wildman–Crippen LogP) is 3.39. The molecule has 1 heterocycles. The Labute approximate surface area is 160 Å². The fourth-order valence-electron chi connectivity index (χ4n) is 2.34. The van der Waals surface area contributed by atoms with E-state index in [4.69, 9.17) is 4.74 Å². The molecule has 0 saturated carbocycles. The number of rotatable bonds is 8. The Morgan fingerprint density at radius 1 is 1.22 bits per heavy atom. The molecule has 0 radical (unpaired) electrons. The summed E-state index contributed by atoms with van der Waals surface area (Å²) in [5, 5.41) is 7.35. The molecule has 0 aliphatic carbocycles. The molecule has 0 atom stereocenters. The fraction of sp³-hybridized carbons (Fsp3) is 0.211. The number of nitrogens with zero attached hydrogens (tertiary/aromatic N) is 3. The van der Waals surface area contributed by atoms with Crippen LogP contribution < -0.4 is 4.74 Å². The van der Waals surface area contributed by atoms with E-state index in [0.717, 1.165) is 16.5 Å². The summed E-state index contributed by atoms with van der Waals surface area (Å²) in [7, 11) is 1.70. The number of likely N-dealkylation sites (N-methyl/N-ethyl adjacent to an activating group) is 1. The highest BCUT2D eigenvalue weighted by molar-refractivity contribution is 7.98. The van der Waals surface area contributed by atoms with Crippen molar-refractivity contribution < 1.29 is 13.9 Å². The first-order valence-corrected chi connectivity index (χ1v) is 9.32. The second kappa shape index (κ2) is 9.18. The van der Waals surface area contributed by atoms with Crippen LogP contribution in [0.15, 0.2) is 60.0 Å². The maximum Gasteiger partial charge on any atom is 0.253 e. The lowest BCUT2D eigenvalue weighted by Crippen LogP contribution is -2.30. The number of halogens is 1. The Hall–Kier alpha value is -2.87. The van der Waals surface area contributed by atoms with E-state index in [1.54, 1.807) is 42.3 Å². The molecule has 3 aromatic rings. The van der Waals surface area contributed by atoms with Crippen molar-refractivity contribution in [3.8, 4) is 5.75 Å². The van der Waals surface area contributed by atoms with Gasteiger partial charge in [0.25, 0.3) is 5.91 Å². The van der Waals surface area contributed by atoms with Crippen molar-refractivity contribution in [2.75, 3.05) is 20.2 Å². The van der Waals surface area contributed by atoms with Gasteiger partial charge in [-0.15, -0.1) is 0 Å². The van der Waals surface area contributed by atoms with Crippen LogP contribution in [0.25, 0.3) is 0 Å². The van der Waals surface area contributed by atoms with Gasteiger partial charge in [0, 0.05) is 18.4 Å². The van der Waals surface area contributed by atoms with E-state index in [1.807, 2.05) is 12.1 Å². The number of para-hydroxylation sites is 1. The average molecular weight is 386 g/mol. The number of carbonyl (C=O) groups is 1. The first kappa shape index (κ1) is 18.9. The molecular formula is C19H19FN4O2S. The van der Waals surface area contributed by atoms with E-state index in [9.17, 15) is 9.18 Å². The summed E-state index contributed by atoms with van der Waals surface area (Å²) in [5.74, 6) is 0.398. The smallest absolute Gasteiger partial charge is 0.253 e. The minimum atomic E-state index is -0.412. The molecule has 1 aromatic heterocycles. The van der Waals surface area contributed by atoms with Crippen LogP contribution in [0.4, 0.5) is 4.39 Å². The molecule has 0 aliphatic heterocycles. The van der Waals surface area contributed by atoms with Crippen molar-refractivity contribution >= 4 is 17.7 Å². The monoisotopic (exact) mass is 386 g/mol. The number of amides is 1. The highest BCUT2D eigenvalue weighted by atomic mass is 32.2. The lowest BCUT2D eigenvalue weighted by Gasteiger charge is -2.18. The van der Waals surface area contributed by atoms with E-state index in [0.29, 0.717) is 12.1 Å². The van der Waals surface area contributed by atoms with Crippen LogP contribution in [0.1, 0.15) is 15.9 Å². The summed E-state index contributed by atoms with van der Waals surface area (Å²) in [6, 6.07) is 13.6. The molecule has 6 nitrogen and oxygen atoms in total. The van der Waals surface area contributed by atoms with Crippen molar-refractivity contribution in [1.82, 2.24) is 20.1 Å². The van der Waals surface area contributed by atoms with Crippen molar-refractivity contribution in [2.24, 2.45) is 0 Å². The van der Waals surface area contributed by atoms with Gasteiger partial charge in [-0.1, -0.05) is 36.0 Å². The third-order valence-electron chi connectivity index (χ3n) is 3.84. The van der Waals surface area contributed by atoms with Gasteiger partial charge in [0.2, 0.25) is 0 Å². The van der Waals surface area contributed by atoms with Gasteiger partial charge in [0.1, 0.15) is 12.9 Å². The van der Waals surface area contributed by atoms with Crippen LogP contribution in [0.5, 0.6) is 5.75 Å². The van der Waals surface area contributed by atoms with Crippen LogP contribution >= 0.6 is 11.8 Å². The lowest BCUT2D eigenvalue weighted by molar-refractivity contribution is 0.0773. The second-order valence-electron chi connectivity index (χ2n) is 5.78. The molecule has 1 N–H and O–H groups in total. The Morgan fingerprint density at radius 3 is 2.70 bits per heavy atom. The average Bonchev–Trinajstić information content (AvgIpc) is 3.21. The van der Waals surface area contributed by atoms with Crippen LogP contribution in [-0.2, 0) is 5.75 Å². The van der Waals surface area contributed by atoms with Crippen LogP contribution in [-0.4, -0.2) is 46.2 Å². The molecule has 2 aromatic carbocycles. The minimum Gasteiger partial charge on any atom is -0.489 e. The van der Waals surface area contributed by atoms with Crippen LogP contribution in [0.3, 0.4) is 0 Å². The summed E-state index contributed by atoms with van der Waals surface area (Å²) in [5.41, 5.74) is 1.68. The molecule has 0 aliphatic rings. The summed E-state index contributed by atoms with van der Waals surface area (Å²) >= 11 is 1.54. The summed E-state index contributed by atoms with van der Waals surface area (Å²) in [4.78, 5) is 18.1. The molecule has 0 saturated heterocycles. The zero-order valence-electron chi connectivity index (χ0n) is 14.8. The number of aromatic amines is 1. The fourth-order valence-corrected chi connectivity index (χ4v) is 3.07. The number of hydrogen-bond donors (Lipinski definition) is 1. The van der Waals surface area contributed by atoms with E-state index in [-0.39, 0.29) is 18.3 Å². The molecule has 0 spiro atoms. The molecule has 27 heavy (non-hydrogen) atoms. The zero-order chi connectivity index (χ0) is 19.1. The minimum absolute atomic E-state index is 0.110. The van der Waals surface area contributed by atoms with E-state index >= 15 is 0 Å². The molecule has 1 amide bonds. The normalized spacial score (nSPS) is 10.6. The summed E-state index contributed by atoms with van der Waals surface area (Å²) in [6.07, 6.45) is 1.47. The molecule has 3 rings (SSSR count). The van der Waals surface area contributed by atoms with Gasteiger partial charge >= 0.3 is 0 Å². The maximum atomic E-state index is 13.5. The van der Waals surface area contributed by atoms with Crippen molar-refractivity contribution in [3.63, 3.8) is 0 Å². The topological polar surface area (TPSA) is 71.1 Å². The van der Waals surface area contributed by atoms with Gasteiger partial charge in [-0.2, -0.15) is 5.10 Å². The van der Waals surface area contributed by atoms with Crippen molar-refractivity contribution in [2.45, 2.75) is 10.9 Å². The Kier molecular flexibility index (Phi) is 6.43. The molecule has 0 fully saturated rings. The van der Waals surface area contributed by atoms with Gasteiger partial charge in [0.15, 0.2) is 16.7 Å². The number of benzene rings is 2. The summed E-state index contributed by atoms with van der Waals surface area (Å²) < 4.78 is 18.9. The first-order valence-electron chi connectivity index (χ1n) is 8.33. The number of carbonyl (C=O) groups excluding carboxylic acids is 1. The quantitative estimate of drug-likeness (QED) is 0.601. The van der Waals surface area contributed by atoms with E-state index < -0.39 is 5.82 Å². The Bertz CT molecular complexity index is 872.